The number of rotatable bonds is 5. The third kappa shape index (κ3) is 4.15. The fourth-order valence-corrected chi connectivity index (χ4v) is 1.90. The lowest BCUT2D eigenvalue weighted by Crippen LogP contribution is -2.12. The first-order valence-electron chi connectivity index (χ1n) is 6.40. The topological polar surface area (TPSA) is 86.6 Å². The molecule has 108 valence electrons. The van der Waals surface area contributed by atoms with E-state index in [4.69, 9.17) is 10.2 Å². The highest BCUT2D eigenvalue weighted by Gasteiger charge is 2.07. The van der Waals surface area contributed by atoms with Gasteiger partial charge in [-0.15, -0.1) is 0 Å². The van der Waals surface area contributed by atoms with Crippen LogP contribution in [0, 0.1) is 0 Å². The van der Waals surface area contributed by atoms with Gasteiger partial charge < -0.3 is 15.5 Å². The highest BCUT2D eigenvalue weighted by atomic mass is 16.4. The quantitative estimate of drug-likeness (QED) is 0.784. The lowest BCUT2D eigenvalue weighted by Gasteiger charge is -2.07. The normalized spacial score (nSPS) is 10.1. The van der Waals surface area contributed by atoms with Gasteiger partial charge in [0.15, 0.2) is 0 Å². The fourth-order valence-electron chi connectivity index (χ4n) is 1.90. The number of aliphatic hydroxyl groups is 1. The van der Waals surface area contributed by atoms with Gasteiger partial charge in [0.2, 0.25) is 0 Å². The molecule has 5 nitrogen and oxygen atoms in total. The van der Waals surface area contributed by atoms with E-state index in [1.165, 1.54) is 0 Å². The zero-order valence-corrected chi connectivity index (χ0v) is 11.2. The average Bonchev–Trinajstić information content (AvgIpc) is 2.47. The minimum absolute atomic E-state index is 0.0703. The molecule has 0 aliphatic carbocycles. The standard InChI is InChI=1S/C16H15NO4/c18-10-11-4-6-13(7-5-11)16(21)17-14-3-1-2-12(8-14)9-15(19)20/h1-8,18H,9-10H2,(H,17,21)(H,19,20). The predicted octanol–water partition coefficient (Wildman–Crippen LogP) is 2.06. The van der Waals surface area contributed by atoms with E-state index < -0.39 is 5.97 Å². The molecule has 5 heteroatoms. The van der Waals surface area contributed by atoms with Crippen LogP contribution < -0.4 is 5.32 Å². The molecule has 0 saturated carbocycles. The molecule has 0 bridgehead atoms. The number of amides is 1. The van der Waals surface area contributed by atoms with Crippen LogP contribution in [0.5, 0.6) is 0 Å². The summed E-state index contributed by atoms with van der Waals surface area (Å²) in [7, 11) is 0. The molecule has 0 saturated heterocycles. The molecule has 2 rings (SSSR count). The summed E-state index contributed by atoms with van der Waals surface area (Å²) < 4.78 is 0. The van der Waals surface area contributed by atoms with Crippen LogP contribution in [0.3, 0.4) is 0 Å². The Labute approximate surface area is 121 Å². The molecule has 2 aromatic carbocycles. The van der Waals surface area contributed by atoms with Crippen molar-refractivity contribution in [3.8, 4) is 0 Å². The SMILES string of the molecule is O=C(O)Cc1cccc(NC(=O)c2ccc(CO)cc2)c1. The van der Waals surface area contributed by atoms with E-state index in [0.717, 1.165) is 5.56 Å². The van der Waals surface area contributed by atoms with Crippen LogP contribution in [0.4, 0.5) is 5.69 Å². The molecule has 21 heavy (non-hydrogen) atoms. The summed E-state index contributed by atoms with van der Waals surface area (Å²) >= 11 is 0. The lowest BCUT2D eigenvalue weighted by molar-refractivity contribution is -0.136. The Morgan fingerprint density at radius 1 is 1.00 bits per heavy atom. The van der Waals surface area contributed by atoms with Crippen molar-refractivity contribution in [1.82, 2.24) is 0 Å². The maximum Gasteiger partial charge on any atom is 0.307 e. The number of hydrogen-bond acceptors (Lipinski definition) is 3. The molecule has 0 unspecified atom stereocenters. The van der Waals surface area contributed by atoms with Gasteiger partial charge in [0.25, 0.3) is 5.91 Å². The number of carboxylic acid groups (broad SMARTS) is 1. The second-order valence-corrected chi connectivity index (χ2v) is 4.58. The van der Waals surface area contributed by atoms with Crippen LogP contribution in [0.2, 0.25) is 0 Å². The molecule has 0 spiro atoms. The maximum atomic E-state index is 12.1. The van der Waals surface area contributed by atoms with Crippen molar-refractivity contribution in [2.45, 2.75) is 13.0 Å². The zero-order valence-electron chi connectivity index (χ0n) is 11.2. The Morgan fingerprint density at radius 2 is 1.71 bits per heavy atom. The first-order chi connectivity index (χ1) is 10.1. The van der Waals surface area contributed by atoms with E-state index in [1.807, 2.05) is 0 Å². The van der Waals surface area contributed by atoms with E-state index in [2.05, 4.69) is 5.32 Å². The zero-order chi connectivity index (χ0) is 15.2. The van der Waals surface area contributed by atoms with Gasteiger partial charge in [0, 0.05) is 11.3 Å². The number of carboxylic acids is 1. The molecule has 0 heterocycles. The van der Waals surface area contributed by atoms with Crippen molar-refractivity contribution in [2.24, 2.45) is 0 Å². The molecular weight excluding hydrogens is 270 g/mol. The van der Waals surface area contributed by atoms with Crippen molar-refractivity contribution >= 4 is 17.6 Å². The fraction of sp³-hybridized carbons (Fsp3) is 0.125. The van der Waals surface area contributed by atoms with Crippen LogP contribution in [0.15, 0.2) is 48.5 Å². The number of anilines is 1. The van der Waals surface area contributed by atoms with Gasteiger partial charge in [-0.05, 0) is 35.4 Å². The van der Waals surface area contributed by atoms with Crippen LogP contribution in [0.25, 0.3) is 0 Å². The summed E-state index contributed by atoms with van der Waals surface area (Å²) in [4.78, 5) is 22.7. The molecule has 0 aliphatic heterocycles. The molecule has 0 fully saturated rings. The number of nitrogens with one attached hydrogen (secondary N) is 1. The lowest BCUT2D eigenvalue weighted by atomic mass is 10.1. The first-order valence-corrected chi connectivity index (χ1v) is 6.40. The van der Waals surface area contributed by atoms with Gasteiger partial charge in [-0.2, -0.15) is 0 Å². The van der Waals surface area contributed by atoms with Gasteiger partial charge >= 0.3 is 5.97 Å². The van der Waals surface area contributed by atoms with Gasteiger partial charge in [0.05, 0.1) is 13.0 Å². The van der Waals surface area contributed by atoms with Crippen LogP contribution in [-0.4, -0.2) is 22.1 Å². The summed E-state index contributed by atoms with van der Waals surface area (Å²) in [5.41, 5.74) is 2.37. The number of carbonyl (C=O) groups is 2. The summed E-state index contributed by atoms with van der Waals surface area (Å²) in [6, 6.07) is 13.3. The molecule has 1 amide bonds. The second-order valence-electron chi connectivity index (χ2n) is 4.58. The molecule has 0 atom stereocenters. The Kier molecular flexibility index (Phi) is 4.68. The second kappa shape index (κ2) is 6.67. The number of carbonyl (C=O) groups excluding carboxylic acids is 1. The van der Waals surface area contributed by atoms with E-state index in [1.54, 1.807) is 48.5 Å². The van der Waals surface area contributed by atoms with Gasteiger partial charge in [-0.25, -0.2) is 0 Å². The third-order valence-corrected chi connectivity index (χ3v) is 2.94. The number of aliphatic hydroxyl groups excluding tert-OH is 1. The third-order valence-electron chi connectivity index (χ3n) is 2.94. The Bertz CT molecular complexity index is 650. The molecule has 0 aromatic heterocycles. The van der Waals surface area contributed by atoms with Crippen molar-refractivity contribution in [3.63, 3.8) is 0 Å². The summed E-state index contributed by atoms with van der Waals surface area (Å²) in [5, 5.41) is 20.4. The predicted molar refractivity (Wildman–Crippen MR) is 78.1 cm³/mol. The number of benzene rings is 2. The van der Waals surface area contributed by atoms with Gasteiger partial charge in [-0.1, -0.05) is 24.3 Å². The van der Waals surface area contributed by atoms with Crippen LogP contribution >= 0.6 is 0 Å². The highest BCUT2D eigenvalue weighted by molar-refractivity contribution is 6.04. The molecular formula is C16H15NO4. The van der Waals surface area contributed by atoms with Crippen LogP contribution in [0.1, 0.15) is 21.5 Å². The van der Waals surface area contributed by atoms with E-state index in [-0.39, 0.29) is 18.9 Å². The Balaban J connectivity index is 2.09. The van der Waals surface area contributed by atoms with Crippen molar-refractivity contribution in [1.29, 1.82) is 0 Å². The first kappa shape index (κ1) is 14.7. The minimum Gasteiger partial charge on any atom is -0.481 e. The molecule has 2 aromatic rings. The minimum atomic E-state index is -0.918. The van der Waals surface area contributed by atoms with Gasteiger partial charge in [0.1, 0.15) is 0 Å². The highest BCUT2D eigenvalue weighted by Crippen LogP contribution is 2.13. The van der Waals surface area contributed by atoms with E-state index in [0.29, 0.717) is 16.8 Å². The van der Waals surface area contributed by atoms with Gasteiger partial charge in [-0.3, -0.25) is 9.59 Å². The summed E-state index contributed by atoms with van der Waals surface area (Å²) in [6.07, 6.45) is -0.0884. The maximum absolute atomic E-state index is 12.1. The van der Waals surface area contributed by atoms with E-state index in [9.17, 15) is 9.59 Å². The smallest absolute Gasteiger partial charge is 0.307 e. The molecule has 0 radical (unpaired) electrons. The van der Waals surface area contributed by atoms with E-state index >= 15 is 0 Å². The monoisotopic (exact) mass is 285 g/mol. The number of aliphatic carboxylic acids is 1. The summed E-state index contributed by atoms with van der Waals surface area (Å²) in [6.45, 7) is -0.0703. The Morgan fingerprint density at radius 3 is 2.33 bits per heavy atom. The average molecular weight is 285 g/mol. The van der Waals surface area contributed by atoms with Crippen LogP contribution in [-0.2, 0) is 17.8 Å². The Hall–Kier alpha value is -2.66. The molecule has 3 N–H and O–H groups in total. The number of hydrogen-bond donors (Lipinski definition) is 3. The van der Waals surface area contributed by atoms with Crippen molar-refractivity contribution in [3.05, 3.63) is 65.2 Å². The van der Waals surface area contributed by atoms with Crippen molar-refractivity contribution < 1.29 is 19.8 Å². The molecule has 0 aliphatic rings. The summed E-state index contributed by atoms with van der Waals surface area (Å²) in [5.74, 6) is -1.20. The van der Waals surface area contributed by atoms with Crippen molar-refractivity contribution in [2.75, 3.05) is 5.32 Å². The largest absolute Gasteiger partial charge is 0.481 e.